The van der Waals surface area contributed by atoms with Crippen molar-refractivity contribution in [1.29, 1.82) is 0 Å². The van der Waals surface area contributed by atoms with Crippen molar-refractivity contribution in [3.05, 3.63) is 28.8 Å². The highest BCUT2D eigenvalue weighted by Crippen LogP contribution is 2.34. The number of benzene rings is 1. The highest BCUT2D eigenvalue weighted by molar-refractivity contribution is 6.33. The van der Waals surface area contributed by atoms with Gasteiger partial charge in [-0.25, -0.2) is 4.79 Å². The lowest BCUT2D eigenvalue weighted by molar-refractivity contribution is -0.137. The molecule has 1 unspecified atom stereocenters. The average Bonchev–Trinajstić information content (AvgIpc) is 2.96. The number of anilines is 1. The Balaban J connectivity index is 1.68. The maximum Gasteiger partial charge on any atom is 0.416 e. The Morgan fingerprint density at radius 2 is 2.12 bits per heavy atom. The van der Waals surface area contributed by atoms with Crippen LogP contribution in [-0.2, 0) is 15.7 Å². The molecule has 24 heavy (non-hydrogen) atoms. The summed E-state index contributed by atoms with van der Waals surface area (Å²) in [4.78, 5) is 13.9. The van der Waals surface area contributed by atoms with Gasteiger partial charge in [-0.15, -0.1) is 0 Å². The zero-order valence-corrected chi connectivity index (χ0v) is 13.4. The van der Waals surface area contributed by atoms with Crippen molar-refractivity contribution < 1.29 is 27.4 Å². The number of nitrogens with zero attached hydrogens (tertiary/aromatic N) is 1. The summed E-state index contributed by atoms with van der Waals surface area (Å²) in [6.07, 6.45) is -3.77. The molecule has 132 valence electrons. The number of carbonyl (C=O) groups excluding carboxylic acids is 1. The van der Waals surface area contributed by atoms with E-state index in [2.05, 4.69) is 5.32 Å². The van der Waals surface area contributed by atoms with E-state index in [1.54, 1.807) is 4.90 Å². The number of alkyl halides is 3. The molecule has 0 aliphatic carbocycles. The van der Waals surface area contributed by atoms with E-state index in [1.807, 2.05) is 0 Å². The maximum absolute atomic E-state index is 12.6. The van der Waals surface area contributed by atoms with E-state index >= 15 is 0 Å². The minimum atomic E-state index is -4.48. The normalized spacial score (nSPS) is 24.4. The molecule has 1 atom stereocenters. The second-order valence-electron chi connectivity index (χ2n) is 5.88. The van der Waals surface area contributed by atoms with Gasteiger partial charge in [-0.1, -0.05) is 11.6 Å². The number of urea groups is 1. The molecule has 3 rings (SSSR count). The smallest absolute Gasteiger partial charge is 0.378 e. The van der Waals surface area contributed by atoms with E-state index in [1.165, 1.54) is 0 Å². The highest BCUT2D eigenvalue weighted by Gasteiger charge is 2.41. The van der Waals surface area contributed by atoms with Crippen molar-refractivity contribution in [2.45, 2.75) is 18.2 Å². The summed E-state index contributed by atoms with van der Waals surface area (Å²) in [5, 5.41) is 2.39. The van der Waals surface area contributed by atoms with E-state index in [0.29, 0.717) is 39.3 Å². The Labute approximate surface area is 141 Å². The standard InChI is InChI=1S/C15H16ClF3N2O3/c16-11-7-10(15(17,18)19)1-2-12(11)20-13(22)21-4-6-24-14(8-21)3-5-23-9-14/h1-2,7H,3-6,8-9H2,(H,20,22). The van der Waals surface area contributed by atoms with Crippen LogP contribution in [0.25, 0.3) is 0 Å². The van der Waals surface area contributed by atoms with Gasteiger partial charge in [0.2, 0.25) is 0 Å². The van der Waals surface area contributed by atoms with Crippen LogP contribution in [0.15, 0.2) is 18.2 Å². The van der Waals surface area contributed by atoms with Gasteiger partial charge in [0, 0.05) is 19.6 Å². The zero-order chi connectivity index (χ0) is 17.4. The first-order chi connectivity index (χ1) is 11.3. The van der Waals surface area contributed by atoms with Crippen LogP contribution in [-0.4, -0.2) is 49.4 Å². The number of hydrogen-bond acceptors (Lipinski definition) is 3. The molecule has 5 nitrogen and oxygen atoms in total. The summed E-state index contributed by atoms with van der Waals surface area (Å²) in [5.41, 5.74) is -1.21. The largest absolute Gasteiger partial charge is 0.416 e. The summed E-state index contributed by atoms with van der Waals surface area (Å²) < 4.78 is 49.0. The lowest BCUT2D eigenvalue weighted by Gasteiger charge is -2.39. The predicted octanol–water partition coefficient (Wildman–Crippen LogP) is 3.38. The topological polar surface area (TPSA) is 50.8 Å². The van der Waals surface area contributed by atoms with Gasteiger partial charge in [-0.05, 0) is 18.2 Å². The molecule has 2 saturated heterocycles. The van der Waals surface area contributed by atoms with Gasteiger partial charge in [0.1, 0.15) is 5.60 Å². The molecule has 2 amide bonds. The lowest BCUT2D eigenvalue weighted by Crippen LogP contribution is -2.55. The monoisotopic (exact) mass is 364 g/mol. The number of amides is 2. The average molecular weight is 365 g/mol. The van der Waals surface area contributed by atoms with Crippen LogP contribution in [0.3, 0.4) is 0 Å². The predicted molar refractivity (Wildman–Crippen MR) is 81.2 cm³/mol. The molecule has 1 spiro atoms. The van der Waals surface area contributed by atoms with Crippen LogP contribution in [0.4, 0.5) is 23.7 Å². The molecule has 2 aliphatic heterocycles. The first-order valence-electron chi connectivity index (χ1n) is 7.43. The number of halogens is 4. The van der Waals surface area contributed by atoms with Crippen molar-refractivity contribution >= 4 is 23.3 Å². The molecule has 0 saturated carbocycles. The summed E-state index contributed by atoms with van der Waals surface area (Å²) in [7, 11) is 0. The number of rotatable bonds is 1. The molecule has 9 heteroatoms. The molecular weight excluding hydrogens is 349 g/mol. The fraction of sp³-hybridized carbons (Fsp3) is 0.533. The van der Waals surface area contributed by atoms with Gasteiger partial charge in [0.05, 0.1) is 36.0 Å². The number of carbonyl (C=O) groups is 1. The van der Waals surface area contributed by atoms with Crippen LogP contribution in [0.5, 0.6) is 0 Å². The summed E-state index contributed by atoms with van der Waals surface area (Å²) in [6.45, 7) is 2.17. The SMILES string of the molecule is O=C(Nc1ccc(C(F)(F)F)cc1Cl)N1CCOC2(CCOC2)C1. The Hall–Kier alpha value is -1.51. The molecular formula is C15H16ClF3N2O3. The number of nitrogens with one attached hydrogen (secondary N) is 1. The molecule has 2 heterocycles. The quantitative estimate of drug-likeness (QED) is 0.831. The van der Waals surface area contributed by atoms with Crippen LogP contribution < -0.4 is 5.32 Å². The minimum absolute atomic E-state index is 0.137. The van der Waals surface area contributed by atoms with Crippen molar-refractivity contribution in [1.82, 2.24) is 4.90 Å². The first-order valence-corrected chi connectivity index (χ1v) is 7.81. The third-order valence-electron chi connectivity index (χ3n) is 4.14. The fourth-order valence-electron chi connectivity index (χ4n) is 2.83. The first kappa shape index (κ1) is 17.3. The summed E-state index contributed by atoms with van der Waals surface area (Å²) >= 11 is 5.86. The Morgan fingerprint density at radius 3 is 2.75 bits per heavy atom. The van der Waals surface area contributed by atoms with Crippen molar-refractivity contribution in [3.8, 4) is 0 Å². The van der Waals surface area contributed by atoms with E-state index < -0.39 is 23.4 Å². The minimum Gasteiger partial charge on any atom is -0.378 e. The zero-order valence-electron chi connectivity index (χ0n) is 12.7. The maximum atomic E-state index is 12.6. The van der Waals surface area contributed by atoms with Gasteiger partial charge in [0.15, 0.2) is 0 Å². The van der Waals surface area contributed by atoms with E-state index in [0.717, 1.165) is 18.2 Å². The van der Waals surface area contributed by atoms with Gasteiger partial charge in [-0.2, -0.15) is 13.2 Å². The van der Waals surface area contributed by atoms with Gasteiger partial charge < -0.3 is 19.7 Å². The van der Waals surface area contributed by atoms with Gasteiger partial charge in [0.25, 0.3) is 0 Å². The van der Waals surface area contributed by atoms with E-state index in [9.17, 15) is 18.0 Å². The summed E-state index contributed by atoms with van der Waals surface area (Å²) in [6, 6.07) is 2.40. The van der Waals surface area contributed by atoms with Crippen LogP contribution in [0, 0.1) is 0 Å². The van der Waals surface area contributed by atoms with Crippen molar-refractivity contribution in [2.75, 3.05) is 38.2 Å². The second-order valence-corrected chi connectivity index (χ2v) is 6.29. The van der Waals surface area contributed by atoms with Crippen molar-refractivity contribution in [2.24, 2.45) is 0 Å². The van der Waals surface area contributed by atoms with Gasteiger partial charge >= 0.3 is 12.2 Å². The lowest BCUT2D eigenvalue weighted by atomic mass is 10.0. The third kappa shape index (κ3) is 3.60. The molecule has 0 radical (unpaired) electrons. The van der Waals surface area contributed by atoms with E-state index in [-0.39, 0.29) is 10.7 Å². The van der Waals surface area contributed by atoms with Gasteiger partial charge in [-0.3, -0.25) is 0 Å². The number of morpholine rings is 1. The number of hydrogen-bond donors (Lipinski definition) is 1. The Morgan fingerprint density at radius 1 is 1.33 bits per heavy atom. The Kier molecular flexibility index (Phi) is 4.63. The molecule has 2 aliphatic rings. The molecule has 1 N–H and O–H groups in total. The third-order valence-corrected chi connectivity index (χ3v) is 4.45. The Bertz CT molecular complexity index is 633. The fourth-order valence-corrected chi connectivity index (χ4v) is 3.06. The van der Waals surface area contributed by atoms with Crippen LogP contribution in [0.2, 0.25) is 5.02 Å². The molecule has 0 bridgehead atoms. The molecule has 0 aromatic heterocycles. The van der Waals surface area contributed by atoms with Crippen LogP contribution >= 0.6 is 11.6 Å². The highest BCUT2D eigenvalue weighted by atomic mass is 35.5. The molecule has 2 fully saturated rings. The molecule has 1 aromatic rings. The summed E-state index contributed by atoms with van der Waals surface area (Å²) in [5.74, 6) is 0. The second kappa shape index (κ2) is 6.42. The van der Waals surface area contributed by atoms with E-state index in [4.69, 9.17) is 21.1 Å². The molecule has 1 aromatic carbocycles. The van der Waals surface area contributed by atoms with Crippen molar-refractivity contribution in [3.63, 3.8) is 0 Å². The number of ether oxygens (including phenoxy) is 2. The van der Waals surface area contributed by atoms with Crippen LogP contribution in [0.1, 0.15) is 12.0 Å².